The number of hydrogen-bond acceptors (Lipinski definition) is 2. The van der Waals surface area contributed by atoms with Crippen molar-refractivity contribution < 1.29 is 17.4 Å². The molecule has 1 atom stereocenters. The summed E-state index contributed by atoms with van der Waals surface area (Å²) in [6.07, 6.45) is 19.5. The van der Waals surface area contributed by atoms with Gasteiger partial charge >= 0.3 is 0 Å². The summed E-state index contributed by atoms with van der Waals surface area (Å²) in [5, 5.41) is -2.45. The third kappa shape index (κ3) is 14.8. The summed E-state index contributed by atoms with van der Waals surface area (Å²) in [7, 11) is -4.65. The monoisotopic (exact) mass is 422 g/mol. The average Bonchev–Trinajstić information content (AvgIpc) is 2.64. The van der Waals surface area contributed by atoms with Crippen molar-refractivity contribution in [3.05, 3.63) is 0 Å². The molecule has 0 heterocycles. The summed E-state index contributed by atoms with van der Waals surface area (Å²) < 4.78 is 47.3. The largest absolute Gasteiger partial charge is 0.300 e. The minimum atomic E-state index is -4.65. The predicted octanol–water partition coefficient (Wildman–Crippen LogP) is 8.38. The molecule has 0 rings (SSSR count). The molecule has 0 bridgehead atoms. The van der Waals surface area contributed by atoms with E-state index in [9.17, 15) is 17.4 Å². The molecule has 0 amide bonds. The molecular formula is C23H47FO3S. The Hall–Kier alpha value is -0.160. The maximum Gasteiger partial charge on any atom is 0.300 e. The Morgan fingerprint density at radius 3 is 1.07 bits per heavy atom. The van der Waals surface area contributed by atoms with E-state index in [1.54, 1.807) is 0 Å². The van der Waals surface area contributed by atoms with E-state index in [1.807, 2.05) is 0 Å². The lowest BCUT2D eigenvalue weighted by Gasteiger charge is -2.22. The molecule has 0 fully saturated rings. The Morgan fingerprint density at radius 1 is 0.571 bits per heavy atom. The van der Waals surface area contributed by atoms with Gasteiger partial charge in [0.15, 0.2) is 0 Å². The van der Waals surface area contributed by atoms with Crippen LogP contribution in [-0.4, -0.2) is 18.0 Å². The molecule has 0 aromatic heterocycles. The second-order valence-corrected chi connectivity index (χ2v) is 10.2. The van der Waals surface area contributed by atoms with Crippen LogP contribution >= 0.6 is 0 Å². The quantitative estimate of drug-likeness (QED) is 0.149. The smallest absolute Gasteiger partial charge is 0.283 e. The fourth-order valence-electron chi connectivity index (χ4n) is 3.78. The van der Waals surface area contributed by atoms with Crippen LogP contribution in [0.1, 0.15) is 142 Å². The molecule has 5 heteroatoms. The first-order valence-corrected chi connectivity index (χ1v) is 13.5. The fraction of sp³-hybridized carbons (Fsp3) is 1.00. The van der Waals surface area contributed by atoms with Crippen molar-refractivity contribution in [2.75, 3.05) is 0 Å². The van der Waals surface area contributed by atoms with Crippen LogP contribution in [-0.2, 0) is 10.1 Å². The van der Waals surface area contributed by atoms with Crippen LogP contribution in [0.3, 0.4) is 0 Å². The van der Waals surface area contributed by atoms with Gasteiger partial charge in [-0.3, -0.25) is 4.55 Å². The molecular weight excluding hydrogens is 375 g/mol. The number of halogens is 1. The zero-order chi connectivity index (χ0) is 21.1. The normalized spacial score (nSPS) is 14.3. The fourth-order valence-corrected chi connectivity index (χ4v) is 4.59. The third-order valence-electron chi connectivity index (χ3n) is 5.77. The van der Waals surface area contributed by atoms with Crippen molar-refractivity contribution in [2.45, 2.75) is 147 Å². The van der Waals surface area contributed by atoms with Crippen molar-refractivity contribution in [2.24, 2.45) is 0 Å². The molecule has 3 nitrogen and oxygen atoms in total. The molecule has 0 saturated carbocycles. The summed E-state index contributed by atoms with van der Waals surface area (Å²) in [4.78, 5) is 0. The van der Waals surface area contributed by atoms with E-state index in [0.717, 1.165) is 38.5 Å². The van der Waals surface area contributed by atoms with Crippen molar-refractivity contribution in [3.8, 4) is 0 Å². The van der Waals surface area contributed by atoms with Crippen molar-refractivity contribution >= 4 is 10.1 Å². The minimum Gasteiger partial charge on any atom is -0.283 e. The van der Waals surface area contributed by atoms with Gasteiger partial charge < -0.3 is 0 Å². The SMILES string of the molecule is CCCCCCCCCCCCCC(F)(CCCCCCCCC)S(=O)(=O)O. The van der Waals surface area contributed by atoms with E-state index in [2.05, 4.69) is 13.8 Å². The highest BCUT2D eigenvalue weighted by molar-refractivity contribution is 7.87. The molecule has 0 aromatic carbocycles. The summed E-state index contributed by atoms with van der Waals surface area (Å²) in [5.74, 6) is 0. The van der Waals surface area contributed by atoms with Gasteiger partial charge in [-0.2, -0.15) is 8.42 Å². The zero-order valence-electron chi connectivity index (χ0n) is 18.7. The van der Waals surface area contributed by atoms with Crippen molar-refractivity contribution in [1.29, 1.82) is 0 Å². The lowest BCUT2D eigenvalue weighted by atomic mass is 10.0. The van der Waals surface area contributed by atoms with E-state index in [0.29, 0.717) is 12.8 Å². The lowest BCUT2D eigenvalue weighted by molar-refractivity contribution is 0.203. The first-order valence-electron chi connectivity index (χ1n) is 12.0. The van der Waals surface area contributed by atoms with E-state index in [-0.39, 0.29) is 12.8 Å². The standard InChI is InChI=1S/C23H47FO3S/c1-3-5-7-9-11-12-13-14-16-18-20-22-23(24,28(25,26)27)21-19-17-15-10-8-6-4-2/h3-22H2,1-2H3,(H,25,26,27). The highest BCUT2D eigenvalue weighted by Crippen LogP contribution is 2.32. The highest BCUT2D eigenvalue weighted by atomic mass is 32.2. The van der Waals surface area contributed by atoms with Gasteiger partial charge in [0.2, 0.25) is 5.00 Å². The van der Waals surface area contributed by atoms with Gasteiger partial charge in [0.25, 0.3) is 10.1 Å². The van der Waals surface area contributed by atoms with Gasteiger partial charge in [-0.25, -0.2) is 4.39 Å². The Morgan fingerprint density at radius 2 is 0.821 bits per heavy atom. The maximum atomic E-state index is 14.9. The number of unbranched alkanes of at least 4 members (excludes halogenated alkanes) is 16. The predicted molar refractivity (Wildman–Crippen MR) is 119 cm³/mol. The summed E-state index contributed by atoms with van der Waals surface area (Å²) in [5.41, 5.74) is 0. The second kappa shape index (κ2) is 17.7. The molecule has 0 aliphatic carbocycles. The first-order chi connectivity index (χ1) is 13.4. The van der Waals surface area contributed by atoms with E-state index < -0.39 is 15.1 Å². The molecule has 28 heavy (non-hydrogen) atoms. The van der Waals surface area contributed by atoms with E-state index in [4.69, 9.17) is 0 Å². The Bertz CT molecular complexity index is 439. The summed E-state index contributed by atoms with van der Waals surface area (Å²) >= 11 is 0. The number of hydrogen-bond donors (Lipinski definition) is 1. The average molecular weight is 423 g/mol. The Balaban J connectivity index is 3.85. The van der Waals surface area contributed by atoms with Crippen LogP contribution in [0.4, 0.5) is 4.39 Å². The van der Waals surface area contributed by atoms with Crippen LogP contribution < -0.4 is 0 Å². The molecule has 0 aliphatic heterocycles. The number of rotatable bonds is 21. The van der Waals surface area contributed by atoms with Gasteiger partial charge in [-0.1, -0.05) is 117 Å². The van der Waals surface area contributed by atoms with Gasteiger partial charge in [0.05, 0.1) is 0 Å². The van der Waals surface area contributed by atoms with E-state index in [1.165, 1.54) is 64.2 Å². The maximum absolute atomic E-state index is 14.9. The molecule has 0 aliphatic rings. The third-order valence-corrected chi connectivity index (χ3v) is 7.10. The Kier molecular flexibility index (Phi) is 17.6. The molecule has 0 aromatic rings. The topological polar surface area (TPSA) is 54.4 Å². The number of alkyl halides is 1. The molecule has 1 N–H and O–H groups in total. The summed E-state index contributed by atoms with van der Waals surface area (Å²) in [6.45, 7) is 4.39. The van der Waals surface area contributed by atoms with Gasteiger partial charge in [0, 0.05) is 0 Å². The van der Waals surface area contributed by atoms with Crippen LogP contribution in [0.2, 0.25) is 0 Å². The van der Waals surface area contributed by atoms with Crippen LogP contribution in [0.15, 0.2) is 0 Å². The highest BCUT2D eigenvalue weighted by Gasteiger charge is 2.42. The molecule has 0 radical (unpaired) electrons. The van der Waals surface area contributed by atoms with Crippen LogP contribution in [0.25, 0.3) is 0 Å². The van der Waals surface area contributed by atoms with E-state index >= 15 is 0 Å². The second-order valence-electron chi connectivity index (χ2n) is 8.52. The molecule has 1 unspecified atom stereocenters. The first kappa shape index (κ1) is 27.8. The Labute approximate surface area is 175 Å². The molecule has 0 saturated heterocycles. The minimum absolute atomic E-state index is 0.0707. The van der Waals surface area contributed by atoms with Crippen molar-refractivity contribution in [3.63, 3.8) is 0 Å². The van der Waals surface area contributed by atoms with Gasteiger partial charge in [0.1, 0.15) is 0 Å². The van der Waals surface area contributed by atoms with Gasteiger partial charge in [-0.15, -0.1) is 0 Å². The van der Waals surface area contributed by atoms with Gasteiger partial charge in [-0.05, 0) is 25.7 Å². The van der Waals surface area contributed by atoms with Crippen molar-refractivity contribution in [1.82, 2.24) is 0 Å². The zero-order valence-corrected chi connectivity index (χ0v) is 19.5. The molecule has 0 spiro atoms. The lowest BCUT2D eigenvalue weighted by Crippen LogP contribution is -2.33. The van der Waals surface area contributed by atoms with Crippen LogP contribution in [0.5, 0.6) is 0 Å². The van der Waals surface area contributed by atoms with Crippen LogP contribution in [0, 0.1) is 0 Å². The molecule has 170 valence electrons. The summed E-state index contributed by atoms with van der Waals surface area (Å²) in [6, 6.07) is 0.